The summed E-state index contributed by atoms with van der Waals surface area (Å²) in [5.41, 5.74) is 1.55. The minimum Gasteiger partial charge on any atom is -0.359 e. The van der Waals surface area contributed by atoms with Gasteiger partial charge in [-0.1, -0.05) is 0 Å². The number of hydrogen-bond donors (Lipinski definition) is 2. The Labute approximate surface area is 112 Å². The molecule has 19 heavy (non-hydrogen) atoms. The molecule has 2 aromatic rings. The van der Waals surface area contributed by atoms with Gasteiger partial charge in [-0.05, 0) is 33.8 Å². The van der Waals surface area contributed by atoms with Crippen molar-refractivity contribution in [2.45, 2.75) is 33.2 Å². The van der Waals surface area contributed by atoms with Crippen LogP contribution in [0.1, 0.15) is 26.5 Å². The summed E-state index contributed by atoms with van der Waals surface area (Å²) in [4.78, 5) is 16.0. The first-order valence-corrected chi connectivity index (χ1v) is 6.21. The number of rotatable bonds is 3. The van der Waals surface area contributed by atoms with Crippen LogP contribution in [0.15, 0.2) is 18.5 Å². The number of carbonyl (C=O) groups is 1. The molecule has 2 N–H and O–H groups in total. The number of carbonyl (C=O) groups excluding carboxylic acids is 1. The van der Waals surface area contributed by atoms with Gasteiger partial charge in [-0.25, -0.2) is 9.50 Å². The van der Waals surface area contributed by atoms with E-state index in [2.05, 4.69) is 20.7 Å². The van der Waals surface area contributed by atoms with Crippen molar-refractivity contribution in [3.8, 4) is 0 Å². The highest BCUT2D eigenvalue weighted by Gasteiger charge is 2.14. The van der Waals surface area contributed by atoms with Crippen LogP contribution >= 0.6 is 0 Å². The Morgan fingerprint density at radius 3 is 2.84 bits per heavy atom. The van der Waals surface area contributed by atoms with E-state index in [0.29, 0.717) is 5.82 Å². The molecular formula is C13H19N5O. The van der Waals surface area contributed by atoms with E-state index in [4.69, 9.17) is 0 Å². The minimum absolute atomic E-state index is 0.0625. The Hall–Kier alpha value is -2.11. The van der Waals surface area contributed by atoms with Crippen molar-refractivity contribution < 1.29 is 4.79 Å². The fourth-order valence-electron chi connectivity index (χ4n) is 1.81. The number of amides is 1. The van der Waals surface area contributed by atoms with Gasteiger partial charge in [0.2, 0.25) is 5.91 Å². The molecule has 6 heteroatoms. The van der Waals surface area contributed by atoms with Gasteiger partial charge >= 0.3 is 0 Å². The molecular weight excluding hydrogens is 242 g/mol. The van der Waals surface area contributed by atoms with E-state index in [1.165, 1.54) is 0 Å². The van der Waals surface area contributed by atoms with Gasteiger partial charge in [-0.3, -0.25) is 4.79 Å². The quantitative estimate of drug-likeness (QED) is 0.875. The molecule has 2 heterocycles. The number of nitrogens with one attached hydrogen (secondary N) is 2. The lowest BCUT2D eigenvalue weighted by molar-refractivity contribution is -0.120. The second-order valence-corrected chi connectivity index (χ2v) is 5.54. The second-order valence-electron chi connectivity index (χ2n) is 5.54. The predicted octanol–water partition coefficient (Wildman–Crippen LogP) is 1.36. The largest absolute Gasteiger partial charge is 0.359 e. The molecule has 0 saturated carbocycles. The van der Waals surface area contributed by atoms with Gasteiger partial charge in [0.15, 0.2) is 5.82 Å². The van der Waals surface area contributed by atoms with Crippen LogP contribution in [0.2, 0.25) is 0 Å². The first kappa shape index (κ1) is 13.3. The highest BCUT2D eigenvalue weighted by atomic mass is 16.2. The van der Waals surface area contributed by atoms with Crippen molar-refractivity contribution in [2.24, 2.45) is 0 Å². The fraction of sp³-hybridized carbons (Fsp3) is 0.462. The second kappa shape index (κ2) is 4.87. The summed E-state index contributed by atoms with van der Waals surface area (Å²) in [5.74, 6) is 0.597. The normalized spacial score (nSPS) is 11.6. The number of aromatic nitrogens is 3. The van der Waals surface area contributed by atoms with Crippen LogP contribution in [0, 0.1) is 6.92 Å². The molecule has 0 saturated heterocycles. The van der Waals surface area contributed by atoms with Crippen molar-refractivity contribution in [1.29, 1.82) is 0 Å². The number of nitrogens with zero attached hydrogens (tertiary/aromatic N) is 3. The van der Waals surface area contributed by atoms with E-state index >= 15 is 0 Å². The molecule has 102 valence electrons. The summed E-state index contributed by atoms with van der Waals surface area (Å²) in [5, 5.41) is 10.2. The van der Waals surface area contributed by atoms with Gasteiger partial charge in [-0.2, -0.15) is 5.10 Å². The maximum absolute atomic E-state index is 11.7. The van der Waals surface area contributed by atoms with Gasteiger partial charge in [0.1, 0.15) is 5.52 Å². The van der Waals surface area contributed by atoms with Crippen molar-refractivity contribution in [1.82, 2.24) is 19.9 Å². The third-order valence-electron chi connectivity index (χ3n) is 2.44. The van der Waals surface area contributed by atoms with E-state index in [0.717, 1.165) is 11.2 Å². The predicted molar refractivity (Wildman–Crippen MR) is 74.1 cm³/mol. The van der Waals surface area contributed by atoms with E-state index < -0.39 is 0 Å². The van der Waals surface area contributed by atoms with Crippen LogP contribution in [-0.4, -0.2) is 32.6 Å². The van der Waals surface area contributed by atoms with Gasteiger partial charge < -0.3 is 10.6 Å². The molecule has 0 aromatic carbocycles. The zero-order valence-corrected chi connectivity index (χ0v) is 11.7. The lowest BCUT2D eigenvalue weighted by atomic mass is 10.1. The standard InChI is InChI=1S/C13H19N5O/c1-9-7-10-12(14-5-6-18(10)17-9)15-8-11(19)16-13(2,3)4/h5-7H,8H2,1-4H3,(H,14,15)(H,16,19). The SMILES string of the molecule is Cc1cc2c(NCC(=O)NC(C)(C)C)nccn2n1. The first-order chi connectivity index (χ1) is 8.85. The molecule has 0 aliphatic carbocycles. The van der Waals surface area contributed by atoms with Crippen LogP contribution in [0.4, 0.5) is 5.82 Å². The first-order valence-electron chi connectivity index (χ1n) is 6.21. The third-order valence-corrected chi connectivity index (χ3v) is 2.44. The van der Waals surface area contributed by atoms with E-state index in [9.17, 15) is 4.79 Å². The highest BCUT2D eigenvalue weighted by molar-refractivity contribution is 5.82. The smallest absolute Gasteiger partial charge is 0.239 e. The van der Waals surface area contributed by atoms with Crippen molar-refractivity contribution in [2.75, 3.05) is 11.9 Å². The average molecular weight is 261 g/mol. The van der Waals surface area contributed by atoms with Crippen LogP contribution in [0.3, 0.4) is 0 Å². The topological polar surface area (TPSA) is 71.3 Å². The Balaban J connectivity index is 2.08. The molecule has 0 atom stereocenters. The zero-order valence-electron chi connectivity index (χ0n) is 11.7. The maximum Gasteiger partial charge on any atom is 0.239 e. The Morgan fingerprint density at radius 2 is 2.16 bits per heavy atom. The third kappa shape index (κ3) is 3.43. The molecule has 2 aromatic heterocycles. The maximum atomic E-state index is 11.7. The minimum atomic E-state index is -0.231. The summed E-state index contributed by atoms with van der Waals surface area (Å²) < 4.78 is 1.74. The number of hydrogen-bond acceptors (Lipinski definition) is 4. The molecule has 0 aliphatic heterocycles. The molecule has 2 rings (SSSR count). The van der Waals surface area contributed by atoms with Gasteiger partial charge in [-0.15, -0.1) is 0 Å². The van der Waals surface area contributed by atoms with Crippen LogP contribution in [0.5, 0.6) is 0 Å². The van der Waals surface area contributed by atoms with Crippen molar-refractivity contribution in [3.05, 3.63) is 24.2 Å². The van der Waals surface area contributed by atoms with Crippen LogP contribution in [0.25, 0.3) is 5.52 Å². The van der Waals surface area contributed by atoms with Crippen LogP contribution < -0.4 is 10.6 Å². The average Bonchev–Trinajstić information content (AvgIpc) is 2.64. The Morgan fingerprint density at radius 1 is 1.42 bits per heavy atom. The van der Waals surface area contributed by atoms with Gasteiger partial charge in [0.25, 0.3) is 0 Å². The number of anilines is 1. The zero-order chi connectivity index (χ0) is 14.0. The lowest BCUT2D eigenvalue weighted by Crippen LogP contribution is -2.43. The van der Waals surface area contributed by atoms with Crippen LogP contribution in [-0.2, 0) is 4.79 Å². The van der Waals surface area contributed by atoms with Gasteiger partial charge in [0.05, 0.1) is 12.2 Å². The molecule has 6 nitrogen and oxygen atoms in total. The molecule has 0 aliphatic rings. The summed E-state index contributed by atoms with van der Waals surface area (Å²) >= 11 is 0. The van der Waals surface area contributed by atoms with E-state index in [1.807, 2.05) is 33.8 Å². The fourth-order valence-corrected chi connectivity index (χ4v) is 1.81. The molecule has 1 amide bonds. The molecule has 0 radical (unpaired) electrons. The molecule has 0 fully saturated rings. The van der Waals surface area contributed by atoms with Crippen molar-refractivity contribution >= 4 is 17.2 Å². The number of aryl methyl sites for hydroxylation is 1. The number of fused-ring (bicyclic) bond motifs is 1. The molecule has 0 spiro atoms. The van der Waals surface area contributed by atoms with Crippen molar-refractivity contribution in [3.63, 3.8) is 0 Å². The summed E-state index contributed by atoms with van der Waals surface area (Å²) in [6.07, 6.45) is 3.44. The summed E-state index contributed by atoms with van der Waals surface area (Å²) in [6, 6.07) is 1.93. The van der Waals surface area contributed by atoms with E-state index in [-0.39, 0.29) is 18.0 Å². The van der Waals surface area contributed by atoms with E-state index in [1.54, 1.807) is 16.9 Å². The van der Waals surface area contributed by atoms with Gasteiger partial charge in [0, 0.05) is 17.9 Å². The lowest BCUT2D eigenvalue weighted by Gasteiger charge is -2.20. The summed E-state index contributed by atoms with van der Waals surface area (Å²) in [6.45, 7) is 7.95. The Kier molecular flexibility index (Phi) is 3.42. The molecule has 0 bridgehead atoms. The molecule has 0 unspecified atom stereocenters. The Bertz CT molecular complexity index is 597. The highest BCUT2D eigenvalue weighted by Crippen LogP contribution is 2.14. The monoisotopic (exact) mass is 261 g/mol. The summed E-state index contributed by atoms with van der Waals surface area (Å²) in [7, 11) is 0.